The molecule has 21 heavy (non-hydrogen) atoms. The summed E-state index contributed by atoms with van der Waals surface area (Å²) in [6.45, 7) is 3.96. The van der Waals surface area contributed by atoms with Gasteiger partial charge in [0.25, 0.3) is 5.91 Å². The van der Waals surface area contributed by atoms with Crippen LogP contribution >= 0.6 is 22.6 Å². The highest BCUT2D eigenvalue weighted by molar-refractivity contribution is 14.1. The van der Waals surface area contributed by atoms with Crippen LogP contribution in [0.5, 0.6) is 5.75 Å². The van der Waals surface area contributed by atoms with Crippen molar-refractivity contribution in [3.8, 4) is 5.75 Å². The number of nitrogens with one attached hydrogen (secondary N) is 1. The summed E-state index contributed by atoms with van der Waals surface area (Å²) in [7, 11) is 0. The number of aromatic nitrogens is 3. The van der Waals surface area contributed by atoms with Crippen molar-refractivity contribution in [2.45, 2.75) is 26.7 Å². The van der Waals surface area contributed by atoms with E-state index in [1.165, 1.54) is 6.07 Å². The first kappa shape index (κ1) is 15.6. The Morgan fingerprint density at radius 2 is 1.95 bits per heavy atom. The number of hydrogen-bond acceptors (Lipinski definition) is 5. The van der Waals surface area contributed by atoms with E-state index >= 15 is 0 Å². The lowest BCUT2D eigenvalue weighted by molar-refractivity contribution is 0.102. The predicted molar refractivity (Wildman–Crippen MR) is 87.4 cm³/mol. The molecule has 0 saturated heterocycles. The van der Waals surface area contributed by atoms with Gasteiger partial charge in [-0.15, -0.1) is 10.2 Å². The van der Waals surface area contributed by atoms with Crippen molar-refractivity contribution >= 4 is 34.4 Å². The van der Waals surface area contributed by atoms with Gasteiger partial charge in [-0.2, -0.15) is 0 Å². The van der Waals surface area contributed by atoms with Crippen LogP contribution in [0.1, 0.15) is 35.6 Å². The Bertz CT molecular complexity index is 676. The van der Waals surface area contributed by atoms with Crippen molar-refractivity contribution in [2.24, 2.45) is 0 Å². The number of amides is 1. The van der Waals surface area contributed by atoms with Gasteiger partial charge >= 0.3 is 0 Å². The van der Waals surface area contributed by atoms with E-state index in [1.54, 1.807) is 12.1 Å². The third-order valence-electron chi connectivity index (χ3n) is 2.94. The fourth-order valence-corrected chi connectivity index (χ4v) is 2.15. The molecule has 6 nitrogen and oxygen atoms in total. The van der Waals surface area contributed by atoms with Gasteiger partial charge in [0.05, 0.1) is 15.0 Å². The maximum atomic E-state index is 12.1. The molecule has 0 aliphatic heterocycles. The van der Waals surface area contributed by atoms with Crippen molar-refractivity contribution in [1.82, 2.24) is 15.2 Å². The third kappa shape index (κ3) is 3.66. The molecule has 2 N–H and O–H groups in total. The third-order valence-corrected chi connectivity index (χ3v) is 3.86. The molecular weight excluding hydrogens is 383 g/mol. The summed E-state index contributed by atoms with van der Waals surface area (Å²) in [6.07, 6.45) is 1.48. The number of benzene rings is 1. The molecule has 1 heterocycles. The molecule has 0 fully saturated rings. The van der Waals surface area contributed by atoms with E-state index < -0.39 is 0 Å². The fourth-order valence-electron chi connectivity index (χ4n) is 1.82. The van der Waals surface area contributed by atoms with Gasteiger partial charge in [-0.3, -0.25) is 10.1 Å². The monoisotopic (exact) mass is 398 g/mol. The minimum Gasteiger partial charge on any atom is -0.507 e. The van der Waals surface area contributed by atoms with Gasteiger partial charge in [0.2, 0.25) is 5.95 Å². The summed E-state index contributed by atoms with van der Waals surface area (Å²) in [6, 6.07) is 4.71. The number of phenolic OH excluding ortho intramolecular Hbond substituents is 1. The van der Waals surface area contributed by atoms with E-state index in [4.69, 9.17) is 0 Å². The van der Waals surface area contributed by atoms with Gasteiger partial charge in [-0.25, -0.2) is 4.98 Å². The lowest BCUT2D eigenvalue weighted by Gasteiger charge is -2.07. The molecule has 110 valence electrons. The van der Waals surface area contributed by atoms with E-state index in [0.717, 1.165) is 24.2 Å². The topological polar surface area (TPSA) is 88.0 Å². The molecule has 0 aliphatic carbocycles. The van der Waals surface area contributed by atoms with Crippen LogP contribution in [-0.4, -0.2) is 26.2 Å². The average molecular weight is 398 g/mol. The van der Waals surface area contributed by atoms with Crippen molar-refractivity contribution in [3.05, 3.63) is 38.7 Å². The summed E-state index contributed by atoms with van der Waals surface area (Å²) >= 11 is 1.99. The first-order valence-electron chi connectivity index (χ1n) is 6.57. The van der Waals surface area contributed by atoms with Gasteiger partial charge in [-0.1, -0.05) is 13.8 Å². The van der Waals surface area contributed by atoms with Crippen molar-refractivity contribution in [1.29, 1.82) is 0 Å². The minimum atomic E-state index is -0.380. The molecule has 0 bridgehead atoms. The highest BCUT2D eigenvalue weighted by Crippen LogP contribution is 2.20. The molecule has 0 unspecified atom stereocenters. The maximum Gasteiger partial charge on any atom is 0.258 e. The Labute approximate surface area is 136 Å². The molecule has 1 aromatic heterocycles. The van der Waals surface area contributed by atoms with Gasteiger partial charge < -0.3 is 5.11 Å². The van der Waals surface area contributed by atoms with E-state index in [2.05, 4.69) is 20.5 Å². The molecular formula is C14H15IN4O2. The second-order valence-corrected chi connectivity index (χ2v) is 5.52. The minimum absolute atomic E-state index is 0.0675. The van der Waals surface area contributed by atoms with Crippen molar-refractivity contribution in [3.63, 3.8) is 0 Å². The van der Waals surface area contributed by atoms with Crippen molar-refractivity contribution < 1.29 is 9.90 Å². The Balaban J connectivity index is 2.21. The highest BCUT2D eigenvalue weighted by atomic mass is 127. The normalized spacial score (nSPS) is 10.4. The first-order chi connectivity index (χ1) is 10.0. The van der Waals surface area contributed by atoms with Crippen molar-refractivity contribution in [2.75, 3.05) is 5.32 Å². The summed E-state index contributed by atoms with van der Waals surface area (Å²) < 4.78 is 0.683. The lowest BCUT2D eigenvalue weighted by Crippen LogP contribution is -2.16. The summed E-state index contributed by atoms with van der Waals surface area (Å²) in [5.41, 5.74) is 2.00. The smallest absolute Gasteiger partial charge is 0.258 e. The maximum absolute atomic E-state index is 12.1. The number of anilines is 1. The van der Waals surface area contributed by atoms with Crippen LogP contribution in [0.3, 0.4) is 0 Å². The molecule has 1 aromatic carbocycles. The number of aromatic hydroxyl groups is 1. The zero-order chi connectivity index (χ0) is 15.4. The van der Waals surface area contributed by atoms with Crippen LogP contribution in [0.4, 0.5) is 5.95 Å². The molecule has 0 spiro atoms. The van der Waals surface area contributed by atoms with Gasteiger partial charge in [-0.05, 0) is 53.6 Å². The van der Waals surface area contributed by atoms with Gasteiger partial charge in [0.15, 0.2) is 0 Å². The number of nitrogens with zero attached hydrogens (tertiary/aromatic N) is 3. The number of phenols is 1. The Morgan fingerprint density at radius 1 is 1.24 bits per heavy atom. The number of aryl methyl sites for hydroxylation is 2. The average Bonchev–Trinajstić information content (AvgIpc) is 2.49. The van der Waals surface area contributed by atoms with Crippen LogP contribution in [0.2, 0.25) is 0 Å². The van der Waals surface area contributed by atoms with Gasteiger partial charge in [0.1, 0.15) is 5.75 Å². The largest absolute Gasteiger partial charge is 0.507 e. The number of rotatable bonds is 4. The SMILES string of the molecule is CCc1nnc(NC(=O)c2ccc(I)c(O)c2)nc1CC. The second kappa shape index (κ2) is 6.79. The summed E-state index contributed by atoms with van der Waals surface area (Å²) in [5.74, 6) is -0.139. The van der Waals surface area contributed by atoms with E-state index in [0.29, 0.717) is 9.13 Å². The molecule has 1 amide bonds. The quantitative estimate of drug-likeness (QED) is 0.773. The standard InChI is InChI=1S/C14H15IN4O2/c1-3-10-11(4-2)18-19-14(16-10)17-13(21)8-5-6-9(15)12(20)7-8/h5-7,20H,3-4H2,1-2H3,(H,16,17,19,21). The van der Waals surface area contributed by atoms with Crippen LogP contribution < -0.4 is 5.32 Å². The molecule has 7 heteroatoms. The van der Waals surface area contributed by atoms with E-state index in [9.17, 15) is 9.90 Å². The van der Waals surface area contributed by atoms with Gasteiger partial charge in [0, 0.05) is 5.56 Å². The number of carbonyl (C=O) groups is 1. The highest BCUT2D eigenvalue weighted by Gasteiger charge is 2.12. The number of hydrogen-bond donors (Lipinski definition) is 2. The second-order valence-electron chi connectivity index (χ2n) is 4.36. The zero-order valence-corrected chi connectivity index (χ0v) is 13.9. The molecule has 0 saturated carbocycles. The summed E-state index contributed by atoms with van der Waals surface area (Å²) in [5, 5.41) is 20.2. The molecule has 0 aliphatic rings. The predicted octanol–water partition coefficient (Wildman–Crippen LogP) is 2.56. The zero-order valence-electron chi connectivity index (χ0n) is 11.7. The molecule has 2 aromatic rings. The Kier molecular flexibility index (Phi) is 5.05. The van der Waals surface area contributed by atoms with Crippen LogP contribution in [0.25, 0.3) is 0 Å². The first-order valence-corrected chi connectivity index (χ1v) is 7.65. The van der Waals surface area contributed by atoms with Crippen LogP contribution in [-0.2, 0) is 12.8 Å². The van der Waals surface area contributed by atoms with Crippen LogP contribution in [0.15, 0.2) is 18.2 Å². The molecule has 2 rings (SSSR count). The molecule has 0 radical (unpaired) electrons. The fraction of sp³-hybridized carbons (Fsp3) is 0.286. The Hall–Kier alpha value is -1.77. The van der Waals surface area contributed by atoms with E-state index in [-0.39, 0.29) is 17.6 Å². The summed E-state index contributed by atoms with van der Waals surface area (Å²) in [4.78, 5) is 16.4. The van der Waals surface area contributed by atoms with Crippen LogP contribution in [0, 0.1) is 3.57 Å². The lowest BCUT2D eigenvalue weighted by atomic mass is 10.2. The number of halogens is 1. The van der Waals surface area contributed by atoms with E-state index in [1.807, 2.05) is 36.4 Å². The Morgan fingerprint density at radius 3 is 2.57 bits per heavy atom. The number of carbonyl (C=O) groups excluding carboxylic acids is 1. The molecule has 0 atom stereocenters.